The maximum atomic E-state index is 6.30. The summed E-state index contributed by atoms with van der Waals surface area (Å²) in [6, 6.07) is 15.3. The van der Waals surface area contributed by atoms with E-state index in [0.29, 0.717) is 0 Å². The zero-order chi connectivity index (χ0) is 13.8. The zero-order valence-electron chi connectivity index (χ0n) is 12.1. The highest BCUT2D eigenvalue weighted by molar-refractivity contribution is 5.32. The lowest BCUT2D eigenvalue weighted by molar-refractivity contribution is 0.650. The Labute approximate surface area is 116 Å². The molecule has 1 unspecified atom stereocenters. The molecule has 1 atom stereocenters. The van der Waals surface area contributed by atoms with Crippen molar-refractivity contribution in [3.8, 4) is 0 Å². The van der Waals surface area contributed by atoms with Crippen LogP contribution in [0.4, 0.5) is 0 Å². The molecule has 2 aromatic rings. The van der Waals surface area contributed by atoms with Crippen LogP contribution in [-0.2, 0) is 6.42 Å². The molecule has 2 N–H and O–H groups in total. The summed E-state index contributed by atoms with van der Waals surface area (Å²) < 4.78 is 0. The highest BCUT2D eigenvalue weighted by Gasteiger charge is 2.07. The Balaban J connectivity index is 2.01. The predicted octanol–water partition coefficient (Wildman–Crippen LogP) is 4.24. The monoisotopic (exact) mass is 253 g/mol. The summed E-state index contributed by atoms with van der Waals surface area (Å²) >= 11 is 0. The highest BCUT2D eigenvalue weighted by Crippen LogP contribution is 2.20. The van der Waals surface area contributed by atoms with Crippen LogP contribution in [0.1, 0.15) is 40.3 Å². The van der Waals surface area contributed by atoms with E-state index in [1.54, 1.807) is 0 Å². The van der Waals surface area contributed by atoms with Gasteiger partial charge >= 0.3 is 0 Å². The molecule has 0 aromatic heterocycles. The number of rotatable bonds is 4. The molecule has 0 amide bonds. The topological polar surface area (TPSA) is 26.0 Å². The van der Waals surface area contributed by atoms with Crippen molar-refractivity contribution in [2.24, 2.45) is 5.73 Å². The van der Waals surface area contributed by atoms with Crippen molar-refractivity contribution >= 4 is 0 Å². The van der Waals surface area contributed by atoms with Gasteiger partial charge in [-0.25, -0.2) is 0 Å². The molecule has 2 rings (SSSR count). The van der Waals surface area contributed by atoms with Gasteiger partial charge in [-0.05, 0) is 55.9 Å². The van der Waals surface area contributed by atoms with E-state index in [0.717, 1.165) is 12.8 Å². The van der Waals surface area contributed by atoms with Crippen molar-refractivity contribution in [1.29, 1.82) is 0 Å². The number of hydrogen-bond donors (Lipinski definition) is 1. The van der Waals surface area contributed by atoms with Crippen molar-refractivity contribution in [2.75, 3.05) is 0 Å². The van der Waals surface area contributed by atoms with E-state index in [2.05, 4.69) is 63.2 Å². The van der Waals surface area contributed by atoms with E-state index in [9.17, 15) is 0 Å². The van der Waals surface area contributed by atoms with Gasteiger partial charge in [0.15, 0.2) is 0 Å². The molecule has 19 heavy (non-hydrogen) atoms. The second kappa shape index (κ2) is 6.03. The normalized spacial score (nSPS) is 12.4. The highest BCUT2D eigenvalue weighted by atomic mass is 14.6. The van der Waals surface area contributed by atoms with Gasteiger partial charge in [0.05, 0.1) is 0 Å². The fraction of sp³-hybridized carbons (Fsp3) is 0.333. The molecular formula is C18H23N. The van der Waals surface area contributed by atoms with E-state index < -0.39 is 0 Å². The van der Waals surface area contributed by atoms with Gasteiger partial charge in [0.2, 0.25) is 0 Å². The predicted molar refractivity (Wildman–Crippen MR) is 82.3 cm³/mol. The van der Waals surface area contributed by atoms with Crippen molar-refractivity contribution < 1.29 is 0 Å². The lowest BCUT2D eigenvalue weighted by Crippen LogP contribution is -2.11. The molecule has 0 heterocycles. The molecular weight excluding hydrogens is 230 g/mol. The van der Waals surface area contributed by atoms with Crippen LogP contribution in [0.2, 0.25) is 0 Å². The molecule has 0 aliphatic carbocycles. The third kappa shape index (κ3) is 3.68. The summed E-state index contributed by atoms with van der Waals surface area (Å²) in [6.45, 7) is 6.41. The third-order valence-corrected chi connectivity index (χ3v) is 3.79. The summed E-state index contributed by atoms with van der Waals surface area (Å²) in [6.07, 6.45) is 2.03. The summed E-state index contributed by atoms with van der Waals surface area (Å²) in [5.41, 5.74) is 12.9. The zero-order valence-corrected chi connectivity index (χ0v) is 12.1. The Morgan fingerprint density at radius 3 is 2.42 bits per heavy atom. The maximum absolute atomic E-state index is 6.30. The lowest BCUT2D eigenvalue weighted by Gasteiger charge is -2.14. The first kappa shape index (κ1) is 13.8. The van der Waals surface area contributed by atoms with Crippen LogP contribution in [0, 0.1) is 20.8 Å². The largest absolute Gasteiger partial charge is 0.324 e. The van der Waals surface area contributed by atoms with E-state index in [1.807, 2.05) is 0 Å². The minimum atomic E-state index is 0.125. The first-order chi connectivity index (χ1) is 9.06. The van der Waals surface area contributed by atoms with Gasteiger partial charge in [-0.1, -0.05) is 48.0 Å². The molecule has 100 valence electrons. The van der Waals surface area contributed by atoms with Crippen molar-refractivity contribution in [3.63, 3.8) is 0 Å². The van der Waals surface area contributed by atoms with Crippen LogP contribution in [0.3, 0.4) is 0 Å². The summed E-state index contributed by atoms with van der Waals surface area (Å²) in [5, 5.41) is 0. The molecule has 1 nitrogen and oxygen atoms in total. The Kier molecular flexibility index (Phi) is 4.39. The standard InChI is InChI=1S/C18H23N/c1-13-5-4-6-16(11-13)8-10-18(19)17-9-7-14(2)15(3)12-17/h4-7,9,11-12,18H,8,10,19H2,1-3H3. The van der Waals surface area contributed by atoms with Gasteiger partial charge in [0.25, 0.3) is 0 Å². The maximum Gasteiger partial charge on any atom is 0.0298 e. The van der Waals surface area contributed by atoms with E-state index in [-0.39, 0.29) is 6.04 Å². The molecule has 0 bridgehead atoms. The van der Waals surface area contributed by atoms with E-state index >= 15 is 0 Å². The van der Waals surface area contributed by atoms with Crippen LogP contribution in [0.15, 0.2) is 42.5 Å². The van der Waals surface area contributed by atoms with Gasteiger partial charge < -0.3 is 5.73 Å². The molecule has 2 aromatic carbocycles. The van der Waals surface area contributed by atoms with Crippen LogP contribution in [-0.4, -0.2) is 0 Å². The summed E-state index contributed by atoms with van der Waals surface area (Å²) in [5.74, 6) is 0. The smallest absolute Gasteiger partial charge is 0.0298 e. The van der Waals surface area contributed by atoms with E-state index in [1.165, 1.54) is 27.8 Å². The lowest BCUT2D eigenvalue weighted by atomic mass is 9.96. The molecule has 0 fully saturated rings. The summed E-state index contributed by atoms with van der Waals surface area (Å²) in [4.78, 5) is 0. The van der Waals surface area contributed by atoms with Gasteiger partial charge in [0, 0.05) is 6.04 Å². The van der Waals surface area contributed by atoms with Gasteiger partial charge in [-0.2, -0.15) is 0 Å². The average molecular weight is 253 g/mol. The molecule has 1 heteroatoms. The number of hydrogen-bond acceptors (Lipinski definition) is 1. The Hall–Kier alpha value is -1.60. The fourth-order valence-electron chi connectivity index (χ4n) is 2.35. The number of aryl methyl sites for hydroxylation is 4. The molecule has 0 saturated carbocycles. The third-order valence-electron chi connectivity index (χ3n) is 3.79. The minimum Gasteiger partial charge on any atom is -0.324 e. The quantitative estimate of drug-likeness (QED) is 0.866. The van der Waals surface area contributed by atoms with E-state index in [4.69, 9.17) is 5.73 Å². The Bertz CT molecular complexity index is 557. The molecule has 0 radical (unpaired) electrons. The molecule has 0 aliphatic rings. The van der Waals surface area contributed by atoms with Crippen molar-refractivity contribution in [1.82, 2.24) is 0 Å². The number of nitrogens with two attached hydrogens (primary N) is 1. The van der Waals surface area contributed by atoms with Crippen molar-refractivity contribution in [3.05, 3.63) is 70.3 Å². The molecule has 0 saturated heterocycles. The van der Waals surface area contributed by atoms with Crippen LogP contribution >= 0.6 is 0 Å². The minimum absolute atomic E-state index is 0.125. The van der Waals surface area contributed by atoms with Gasteiger partial charge in [-0.3, -0.25) is 0 Å². The van der Waals surface area contributed by atoms with Gasteiger partial charge in [0.1, 0.15) is 0 Å². The first-order valence-corrected chi connectivity index (χ1v) is 6.94. The number of benzene rings is 2. The van der Waals surface area contributed by atoms with Crippen LogP contribution in [0.5, 0.6) is 0 Å². The Morgan fingerprint density at radius 1 is 0.947 bits per heavy atom. The van der Waals surface area contributed by atoms with Crippen molar-refractivity contribution in [2.45, 2.75) is 39.7 Å². The second-order valence-electron chi connectivity index (χ2n) is 5.48. The van der Waals surface area contributed by atoms with Crippen LogP contribution in [0.25, 0.3) is 0 Å². The molecule has 0 spiro atoms. The first-order valence-electron chi connectivity index (χ1n) is 6.94. The van der Waals surface area contributed by atoms with Gasteiger partial charge in [-0.15, -0.1) is 0 Å². The van der Waals surface area contributed by atoms with Crippen LogP contribution < -0.4 is 5.73 Å². The molecule has 0 aliphatic heterocycles. The summed E-state index contributed by atoms with van der Waals surface area (Å²) in [7, 11) is 0. The fourth-order valence-corrected chi connectivity index (χ4v) is 2.35. The Morgan fingerprint density at radius 2 is 1.74 bits per heavy atom. The SMILES string of the molecule is Cc1cccc(CCC(N)c2ccc(C)c(C)c2)c1. The average Bonchev–Trinajstić information content (AvgIpc) is 2.39. The second-order valence-corrected chi connectivity index (χ2v) is 5.48.